The van der Waals surface area contributed by atoms with E-state index < -0.39 is 0 Å². The summed E-state index contributed by atoms with van der Waals surface area (Å²) in [5.74, 6) is 0.692. The van der Waals surface area contributed by atoms with Crippen molar-refractivity contribution in [2.24, 2.45) is 0 Å². The van der Waals surface area contributed by atoms with Gasteiger partial charge < -0.3 is 9.30 Å². The van der Waals surface area contributed by atoms with E-state index in [-0.39, 0.29) is 0 Å². The molecule has 0 unspecified atom stereocenters. The third kappa shape index (κ3) is 4.04. The van der Waals surface area contributed by atoms with E-state index >= 15 is 0 Å². The van der Waals surface area contributed by atoms with E-state index in [4.69, 9.17) is 4.98 Å². The predicted octanol–water partition coefficient (Wildman–Crippen LogP) is 6.49. The van der Waals surface area contributed by atoms with Crippen LogP contribution in [-0.4, -0.2) is 22.5 Å². The Morgan fingerprint density at radius 3 is 2.31 bits per heavy atom. The van der Waals surface area contributed by atoms with Crippen LogP contribution in [-0.2, 0) is 12.8 Å². The number of imidazole rings is 1. The second-order valence-corrected chi connectivity index (χ2v) is 9.26. The lowest BCUT2D eigenvalue weighted by Gasteiger charge is -2.34. The van der Waals surface area contributed by atoms with E-state index in [0.717, 1.165) is 31.6 Å². The van der Waals surface area contributed by atoms with Crippen LogP contribution in [0.1, 0.15) is 59.3 Å². The van der Waals surface area contributed by atoms with Crippen molar-refractivity contribution in [1.82, 2.24) is 9.38 Å². The van der Waals surface area contributed by atoms with Gasteiger partial charge in [0.1, 0.15) is 5.65 Å². The molecule has 0 spiro atoms. The average molecular weight is 424 g/mol. The number of piperidine rings is 1. The van der Waals surface area contributed by atoms with Gasteiger partial charge in [-0.3, -0.25) is 0 Å². The minimum Gasteiger partial charge on any atom is -0.371 e. The number of pyridine rings is 1. The van der Waals surface area contributed by atoms with Gasteiger partial charge in [0.05, 0.1) is 11.4 Å². The highest BCUT2D eigenvalue weighted by atomic mass is 15.1. The van der Waals surface area contributed by atoms with Crippen molar-refractivity contribution in [3.63, 3.8) is 0 Å². The van der Waals surface area contributed by atoms with Gasteiger partial charge in [0.2, 0.25) is 0 Å². The number of anilines is 1. The third-order valence-corrected chi connectivity index (χ3v) is 7.08. The predicted molar refractivity (Wildman–Crippen MR) is 134 cm³/mol. The fourth-order valence-electron chi connectivity index (χ4n) is 5.10. The average Bonchev–Trinajstić information content (AvgIpc) is 3.19. The molecule has 1 saturated heterocycles. The van der Waals surface area contributed by atoms with Crippen LogP contribution in [0.5, 0.6) is 0 Å². The zero-order valence-corrected chi connectivity index (χ0v) is 19.5. The Morgan fingerprint density at radius 1 is 0.906 bits per heavy atom. The molecule has 0 atom stereocenters. The normalized spacial score (nSPS) is 14.9. The van der Waals surface area contributed by atoms with Gasteiger partial charge in [-0.1, -0.05) is 55.0 Å². The summed E-state index contributed by atoms with van der Waals surface area (Å²) in [5, 5.41) is 0. The van der Waals surface area contributed by atoms with Crippen LogP contribution in [0.25, 0.3) is 5.65 Å². The fourth-order valence-corrected chi connectivity index (χ4v) is 5.10. The summed E-state index contributed by atoms with van der Waals surface area (Å²) in [7, 11) is 0. The number of hydrogen-bond acceptors (Lipinski definition) is 2. The molecule has 0 N–H and O–H groups in total. The third-order valence-electron chi connectivity index (χ3n) is 7.08. The number of aromatic nitrogens is 2. The molecular weight excluding hydrogens is 390 g/mol. The quantitative estimate of drug-likeness (QED) is 0.366. The molecule has 1 fully saturated rings. The minimum atomic E-state index is 0.692. The van der Waals surface area contributed by atoms with Crippen LogP contribution in [0.4, 0.5) is 5.69 Å². The molecule has 0 amide bonds. The highest BCUT2D eigenvalue weighted by Gasteiger charge is 2.21. The molecule has 3 heterocycles. The lowest BCUT2D eigenvalue weighted by Crippen LogP contribution is -2.32. The lowest BCUT2D eigenvalue weighted by atomic mass is 9.89. The molecule has 5 rings (SSSR count). The summed E-state index contributed by atoms with van der Waals surface area (Å²) < 4.78 is 2.28. The van der Waals surface area contributed by atoms with Crippen molar-refractivity contribution in [2.45, 2.75) is 52.4 Å². The molecule has 0 saturated carbocycles. The van der Waals surface area contributed by atoms with Crippen LogP contribution < -0.4 is 4.90 Å². The van der Waals surface area contributed by atoms with Crippen molar-refractivity contribution in [3.05, 3.63) is 101 Å². The van der Waals surface area contributed by atoms with Gasteiger partial charge in [-0.2, -0.15) is 0 Å². The number of benzene rings is 2. The molecule has 0 aliphatic carbocycles. The first-order valence-corrected chi connectivity index (χ1v) is 12.0. The van der Waals surface area contributed by atoms with Gasteiger partial charge in [0, 0.05) is 31.4 Å². The molecule has 0 radical (unpaired) electrons. The standard InChI is InChI=1S/C29H33N3/c1-4-27-28(32-17-5-6-22(3)29(32)30-27)20-23-9-13-26(14-10-23)31-18-15-25(16-19-31)24-11-7-21(2)8-12-24/h5-14,17,25H,4,15-16,18-20H2,1-3H3. The Kier molecular flexibility index (Phi) is 5.73. The van der Waals surface area contributed by atoms with E-state index in [1.807, 2.05) is 0 Å². The SMILES string of the molecule is CCc1nc2c(C)cccn2c1Cc1ccc(N2CCC(c3ccc(C)cc3)CC2)cc1. The highest BCUT2D eigenvalue weighted by Crippen LogP contribution is 2.31. The number of rotatable bonds is 5. The largest absolute Gasteiger partial charge is 0.371 e. The van der Waals surface area contributed by atoms with Gasteiger partial charge in [0.25, 0.3) is 0 Å². The van der Waals surface area contributed by atoms with Gasteiger partial charge in [0.15, 0.2) is 0 Å². The molecule has 2 aromatic heterocycles. The van der Waals surface area contributed by atoms with Crippen LogP contribution in [0.3, 0.4) is 0 Å². The molecule has 1 aliphatic rings. The number of fused-ring (bicyclic) bond motifs is 1. The summed E-state index contributed by atoms with van der Waals surface area (Å²) >= 11 is 0. The summed E-state index contributed by atoms with van der Waals surface area (Å²) in [6, 6.07) is 22.6. The Balaban J connectivity index is 1.28. The molecule has 2 aromatic carbocycles. The second kappa shape index (κ2) is 8.82. The molecule has 3 heteroatoms. The van der Waals surface area contributed by atoms with Gasteiger partial charge in [-0.05, 0) is 73.9 Å². The zero-order chi connectivity index (χ0) is 22.1. The maximum absolute atomic E-state index is 4.91. The van der Waals surface area contributed by atoms with E-state index in [1.165, 1.54) is 52.2 Å². The topological polar surface area (TPSA) is 20.5 Å². The van der Waals surface area contributed by atoms with E-state index in [2.05, 4.69) is 96.9 Å². The lowest BCUT2D eigenvalue weighted by molar-refractivity contribution is 0.505. The Labute approximate surface area is 191 Å². The smallest absolute Gasteiger partial charge is 0.140 e. The molecule has 32 heavy (non-hydrogen) atoms. The van der Waals surface area contributed by atoms with Gasteiger partial charge in [-0.25, -0.2) is 4.98 Å². The van der Waals surface area contributed by atoms with Crippen LogP contribution in [0.2, 0.25) is 0 Å². The first-order valence-electron chi connectivity index (χ1n) is 12.0. The van der Waals surface area contributed by atoms with E-state index in [1.54, 1.807) is 0 Å². The van der Waals surface area contributed by atoms with E-state index in [9.17, 15) is 0 Å². The minimum absolute atomic E-state index is 0.692. The van der Waals surface area contributed by atoms with Crippen molar-refractivity contribution in [3.8, 4) is 0 Å². The van der Waals surface area contributed by atoms with Gasteiger partial charge >= 0.3 is 0 Å². The molecule has 4 aromatic rings. The second-order valence-electron chi connectivity index (χ2n) is 9.26. The summed E-state index contributed by atoms with van der Waals surface area (Å²) in [6.07, 6.45) is 6.49. The van der Waals surface area contributed by atoms with Crippen molar-refractivity contribution >= 4 is 11.3 Å². The maximum atomic E-state index is 4.91. The Morgan fingerprint density at radius 2 is 1.62 bits per heavy atom. The highest BCUT2D eigenvalue weighted by molar-refractivity contribution is 5.52. The molecular formula is C29H33N3. The van der Waals surface area contributed by atoms with Gasteiger partial charge in [-0.15, -0.1) is 0 Å². The van der Waals surface area contributed by atoms with Crippen LogP contribution in [0.15, 0.2) is 66.9 Å². The summed E-state index contributed by atoms with van der Waals surface area (Å²) in [5.41, 5.74) is 10.4. The summed E-state index contributed by atoms with van der Waals surface area (Å²) in [6.45, 7) is 8.76. The monoisotopic (exact) mass is 423 g/mol. The van der Waals surface area contributed by atoms with Crippen LogP contribution >= 0.6 is 0 Å². The van der Waals surface area contributed by atoms with Crippen molar-refractivity contribution in [2.75, 3.05) is 18.0 Å². The number of nitrogens with zero attached hydrogens (tertiary/aromatic N) is 3. The molecule has 164 valence electrons. The number of hydrogen-bond donors (Lipinski definition) is 0. The first kappa shape index (κ1) is 20.8. The summed E-state index contributed by atoms with van der Waals surface area (Å²) in [4.78, 5) is 7.45. The van der Waals surface area contributed by atoms with Crippen molar-refractivity contribution in [1.29, 1.82) is 0 Å². The first-order chi connectivity index (χ1) is 15.6. The van der Waals surface area contributed by atoms with Crippen LogP contribution in [0, 0.1) is 13.8 Å². The Hall–Kier alpha value is -3.07. The molecule has 0 bridgehead atoms. The molecule has 1 aliphatic heterocycles. The van der Waals surface area contributed by atoms with Crippen molar-refractivity contribution < 1.29 is 0 Å². The zero-order valence-electron chi connectivity index (χ0n) is 19.5. The maximum Gasteiger partial charge on any atom is 0.140 e. The fraction of sp³-hybridized carbons (Fsp3) is 0.345. The molecule has 3 nitrogen and oxygen atoms in total. The Bertz CT molecular complexity index is 1190. The van der Waals surface area contributed by atoms with E-state index in [0.29, 0.717) is 5.92 Å². The number of aryl methyl sites for hydroxylation is 3.